The normalized spacial score (nSPS) is 13.0. The van der Waals surface area contributed by atoms with E-state index in [-0.39, 0.29) is 0 Å². The van der Waals surface area contributed by atoms with Gasteiger partial charge in [-0.2, -0.15) is 13.2 Å². The highest BCUT2D eigenvalue weighted by Gasteiger charge is 2.30. The number of aromatic nitrogens is 3. The largest absolute Gasteiger partial charge is 0.495 e. The molecule has 0 fully saturated rings. The molecular formula is C20H16BrF3N4O. The Balaban J connectivity index is 1.80. The third-order valence-corrected chi connectivity index (χ3v) is 5.32. The van der Waals surface area contributed by atoms with Crippen LogP contribution in [0, 0.1) is 0 Å². The van der Waals surface area contributed by atoms with Crippen molar-refractivity contribution in [2.45, 2.75) is 19.1 Å². The highest BCUT2D eigenvalue weighted by atomic mass is 79.9. The van der Waals surface area contributed by atoms with E-state index in [4.69, 9.17) is 4.74 Å². The number of hydrogen-bond acceptors (Lipinski definition) is 4. The molecule has 2 aromatic carbocycles. The van der Waals surface area contributed by atoms with Crippen LogP contribution in [0.3, 0.4) is 0 Å². The van der Waals surface area contributed by atoms with Gasteiger partial charge in [0.1, 0.15) is 17.9 Å². The van der Waals surface area contributed by atoms with Crippen molar-refractivity contribution in [2.24, 2.45) is 0 Å². The zero-order valence-electron chi connectivity index (χ0n) is 15.5. The Morgan fingerprint density at radius 2 is 2.00 bits per heavy atom. The van der Waals surface area contributed by atoms with Crippen molar-refractivity contribution in [3.63, 3.8) is 0 Å². The molecule has 0 saturated carbocycles. The molecule has 2 heterocycles. The van der Waals surface area contributed by atoms with Gasteiger partial charge in [0, 0.05) is 17.5 Å². The third kappa shape index (κ3) is 3.62. The number of nitrogens with zero attached hydrogens (tertiary/aromatic N) is 3. The van der Waals surface area contributed by atoms with E-state index in [0.29, 0.717) is 22.8 Å². The maximum Gasteiger partial charge on any atom is 0.416 e. The summed E-state index contributed by atoms with van der Waals surface area (Å²) in [6.45, 7) is 1.79. The summed E-state index contributed by atoms with van der Waals surface area (Å²) in [5.41, 5.74) is 1.25. The summed E-state index contributed by atoms with van der Waals surface area (Å²) in [7, 11) is 1.58. The van der Waals surface area contributed by atoms with Gasteiger partial charge in [0.15, 0.2) is 5.65 Å². The molecule has 29 heavy (non-hydrogen) atoms. The van der Waals surface area contributed by atoms with Crippen molar-refractivity contribution in [1.82, 2.24) is 14.4 Å². The van der Waals surface area contributed by atoms with Gasteiger partial charge in [0.25, 0.3) is 0 Å². The fourth-order valence-electron chi connectivity index (χ4n) is 3.20. The number of imidazole rings is 1. The van der Waals surface area contributed by atoms with Crippen LogP contribution in [0.25, 0.3) is 16.6 Å². The number of benzene rings is 2. The van der Waals surface area contributed by atoms with Crippen molar-refractivity contribution in [2.75, 3.05) is 12.4 Å². The number of methoxy groups -OCH3 is 1. The van der Waals surface area contributed by atoms with Crippen molar-refractivity contribution >= 4 is 38.3 Å². The minimum atomic E-state index is -4.39. The molecular weight excluding hydrogens is 449 g/mol. The minimum Gasteiger partial charge on any atom is -0.495 e. The predicted molar refractivity (Wildman–Crippen MR) is 108 cm³/mol. The lowest BCUT2D eigenvalue weighted by molar-refractivity contribution is -0.137. The Morgan fingerprint density at radius 3 is 2.72 bits per heavy atom. The molecule has 9 heteroatoms. The van der Waals surface area contributed by atoms with E-state index in [1.54, 1.807) is 32.6 Å². The summed E-state index contributed by atoms with van der Waals surface area (Å²) in [6.07, 6.45) is -1.12. The average Bonchev–Trinajstić information content (AvgIpc) is 3.15. The van der Waals surface area contributed by atoms with Crippen molar-refractivity contribution in [1.29, 1.82) is 0 Å². The molecule has 1 N–H and O–H groups in total. The number of nitrogens with one attached hydrogen (secondary N) is 1. The number of hydrogen-bond donors (Lipinski definition) is 1. The number of rotatable bonds is 4. The van der Waals surface area contributed by atoms with E-state index in [1.165, 1.54) is 6.07 Å². The van der Waals surface area contributed by atoms with Crippen LogP contribution in [0.1, 0.15) is 24.1 Å². The Morgan fingerprint density at radius 1 is 1.21 bits per heavy atom. The molecule has 5 nitrogen and oxygen atoms in total. The second-order valence-electron chi connectivity index (χ2n) is 6.58. The predicted octanol–water partition coefficient (Wildman–Crippen LogP) is 5.85. The van der Waals surface area contributed by atoms with Gasteiger partial charge in [-0.1, -0.05) is 12.1 Å². The molecule has 0 radical (unpaired) electrons. The van der Waals surface area contributed by atoms with Crippen molar-refractivity contribution in [3.8, 4) is 5.75 Å². The molecule has 0 spiro atoms. The lowest BCUT2D eigenvalue weighted by Crippen LogP contribution is -2.11. The van der Waals surface area contributed by atoms with Crippen molar-refractivity contribution in [3.05, 3.63) is 64.5 Å². The van der Waals surface area contributed by atoms with E-state index >= 15 is 0 Å². The maximum absolute atomic E-state index is 13.1. The summed E-state index contributed by atoms with van der Waals surface area (Å²) >= 11 is 3.48. The molecule has 150 valence electrons. The number of halogens is 4. The van der Waals surface area contributed by atoms with Crippen LogP contribution in [0.4, 0.5) is 19.0 Å². The minimum absolute atomic E-state index is 0.403. The van der Waals surface area contributed by atoms with Gasteiger partial charge in [0.2, 0.25) is 0 Å². The van der Waals surface area contributed by atoms with Crippen LogP contribution in [-0.2, 0) is 6.18 Å². The molecule has 0 saturated heterocycles. The Hall–Kier alpha value is -2.81. The first-order valence-corrected chi connectivity index (χ1v) is 9.50. The molecule has 0 aliphatic heterocycles. The maximum atomic E-state index is 13.1. The van der Waals surface area contributed by atoms with Crippen LogP contribution < -0.4 is 10.1 Å². The van der Waals surface area contributed by atoms with E-state index in [9.17, 15) is 13.2 Å². The lowest BCUT2D eigenvalue weighted by Gasteiger charge is -2.19. The highest BCUT2D eigenvalue weighted by molar-refractivity contribution is 9.10. The molecule has 0 aliphatic rings. The fourth-order valence-corrected chi connectivity index (χ4v) is 3.71. The highest BCUT2D eigenvalue weighted by Crippen LogP contribution is 2.35. The smallest absolute Gasteiger partial charge is 0.416 e. The number of ether oxygens (including phenoxy) is 1. The van der Waals surface area contributed by atoms with Crippen LogP contribution in [0.15, 0.2) is 53.4 Å². The van der Waals surface area contributed by atoms with Crippen LogP contribution >= 0.6 is 15.9 Å². The topological polar surface area (TPSA) is 51.5 Å². The Bertz CT molecular complexity index is 1210. The van der Waals surface area contributed by atoms with Gasteiger partial charge in [0.05, 0.1) is 28.9 Å². The molecule has 0 bridgehead atoms. The van der Waals surface area contributed by atoms with E-state index in [0.717, 1.165) is 27.5 Å². The quantitative estimate of drug-likeness (QED) is 0.411. The number of alkyl halides is 3. The van der Waals surface area contributed by atoms with Crippen LogP contribution in [0.5, 0.6) is 5.75 Å². The summed E-state index contributed by atoms with van der Waals surface area (Å²) in [4.78, 5) is 8.74. The van der Waals surface area contributed by atoms with Crippen LogP contribution in [0.2, 0.25) is 0 Å². The Kier molecular flexibility index (Phi) is 4.85. The molecule has 0 aliphatic carbocycles. The van der Waals surface area contributed by atoms with E-state index in [2.05, 4.69) is 31.2 Å². The second kappa shape index (κ2) is 7.22. The van der Waals surface area contributed by atoms with Gasteiger partial charge in [-0.25, -0.2) is 9.97 Å². The SMILES string of the molecule is COc1cc2c(cc1Br)c(NC(C)c1cccc(C(F)(F)F)c1)nc1cncn12. The summed E-state index contributed by atoms with van der Waals surface area (Å²) in [6, 6.07) is 8.59. The fraction of sp³-hybridized carbons (Fsp3) is 0.200. The van der Waals surface area contributed by atoms with Gasteiger partial charge in [-0.3, -0.25) is 4.40 Å². The zero-order chi connectivity index (χ0) is 20.8. The summed E-state index contributed by atoms with van der Waals surface area (Å²) in [5.74, 6) is 1.19. The van der Waals surface area contributed by atoms with Gasteiger partial charge >= 0.3 is 6.18 Å². The van der Waals surface area contributed by atoms with E-state index in [1.807, 2.05) is 16.5 Å². The summed E-state index contributed by atoms with van der Waals surface area (Å²) in [5, 5.41) is 4.02. The third-order valence-electron chi connectivity index (χ3n) is 4.70. The standard InChI is InChI=1S/C20H16BrF3N4O/c1-11(12-4-3-5-13(6-12)20(22,23)24)26-19-14-7-15(21)17(29-2)8-16(14)28-10-25-9-18(28)27-19/h3-11H,1-2H3,(H,26,27). The Labute approximate surface area is 172 Å². The zero-order valence-corrected chi connectivity index (χ0v) is 17.0. The first kappa shape index (κ1) is 19.5. The first-order valence-electron chi connectivity index (χ1n) is 8.71. The summed E-state index contributed by atoms with van der Waals surface area (Å²) < 4.78 is 47.1. The van der Waals surface area contributed by atoms with E-state index < -0.39 is 17.8 Å². The van der Waals surface area contributed by atoms with Crippen molar-refractivity contribution < 1.29 is 17.9 Å². The molecule has 0 amide bonds. The molecule has 1 atom stereocenters. The second-order valence-corrected chi connectivity index (χ2v) is 7.43. The monoisotopic (exact) mass is 464 g/mol. The molecule has 4 rings (SSSR count). The molecule has 1 unspecified atom stereocenters. The first-order chi connectivity index (χ1) is 13.8. The average molecular weight is 465 g/mol. The molecule has 2 aromatic heterocycles. The van der Waals surface area contributed by atoms with Gasteiger partial charge < -0.3 is 10.1 Å². The van der Waals surface area contributed by atoms with Crippen LogP contribution in [-0.4, -0.2) is 21.5 Å². The van der Waals surface area contributed by atoms with Gasteiger partial charge in [-0.05, 0) is 46.6 Å². The van der Waals surface area contributed by atoms with Gasteiger partial charge in [-0.15, -0.1) is 0 Å². The number of anilines is 1. The lowest BCUT2D eigenvalue weighted by atomic mass is 10.0. The number of fused-ring (bicyclic) bond motifs is 3. The molecule has 4 aromatic rings.